The third-order valence-corrected chi connectivity index (χ3v) is 10.1. The van der Waals surface area contributed by atoms with Gasteiger partial charge in [0.25, 0.3) is 0 Å². The highest BCUT2D eigenvalue weighted by Gasteiger charge is 2.53. The number of carbonyl (C=O) groups excluding carboxylic acids is 4. The first-order valence-electron chi connectivity index (χ1n) is 16.8. The second kappa shape index (κ2) is 15.6. The number of fused-ring (bicyclic) bond motifs is 5. The van der Waals surface area contributed by atoms with Gasteiger partial charge in [-0.1, -0.05) is 34.3 Å². The Hall–Kier alpha value is -2.22. The normalized spacial score (nSPS) is 43.0. The summed E-state index contributed by atoms with van der Waals surface area (Å²) >= 11 is 0. The zero-order valence-electron chi connectivity index (χ0n) is 30.1. The van der Waals surface area contributed by atoms with Crippen LogP contribution in [0, 0.1) is 23.7 Å². The lowest BCUT2D eigenvalue weighted by molar-refractivity contribution is -0.299. The highest BCUT2D eigenvalue weighted by molar-refractivity contribution is 6.00. The van der Waals surface area contributed by atoms with Gasteiger partial charge in [-0.2, -0.15) is 0 Å². The quantitative estimate of drug-likeness (QED) is 0.261. The largest absolute Gasteiger partial charge is 0.459 e. The standard InChI is InChI=1S/C35H57NO11/c1-13-26-35(10,41)31-21(5)27(38)19(3)15-34(9,43-17-18(2)16-42-31)30(22(6)28(39)23(7)32(40)46-26)47-33-29(45-24(8)37)25(36(11)12)14-20(4)44-33/h19-23,25-26,29-31,33,41H,2,13-17H2,1,3-12H3/t19-,20-,21-,22+,23-,25+,26?,29-,30-,31-,33+,34-,35-/m1/s1. The molecule has 0 aromatic carbocycles. The van der Waals surface area contributed by atoms with Gasteiger partial charge in [-0.3, -0.25) is 19.2 Å². The van der Waals surface area contributed by atoms with Crippen LogP contribution in [0.25, 0.3) is 0 Å². The number of hydrogen-bond acceptors (Lipinski definition) is 12. The van der Waals surface area contributed by atoms with E-state index in [9.17, 15) is 24.3 Å². The number of esters is 2. The SMILES string of the molecule is C=C1CO[C@@H]2[C@H](C)C(=O)[C@H](C)C[C@@](C)(OC1)[C@H](O[C@@H]1O[C@H](C)C[C@H](N(C)C)[C@H]1OC(C)=O)[C@@H](C)C(=O)[C@@H](C)C(=O)OC(CC)[C@@]2(C)O. The molecule has 2 bridgehead atoms. The molecule has 3 heterocycles. The van der Waals surface area contributed by atoms with E-state index in [0.717, 1.165) is 0 Å². The fourth-order valence-electron chi connectivity index (χ4n) is 7.49. The van der Waals surface area contributed by atoms with Crippen molar-refractivity contribution in [2.45, 2.75) is 136 Å². The third kappa shape index (κ3) is 8.69. The number of hydrogen-bond donors (Lipinski definition) is 1. The minimum atomic E-state index is -1.77. The molecule has 47 heavy (non-hydrogen) atoms. The smallest absolute Gasteiger partial charge is 0.316 e. The van der Waals surface area contributed by atoms with Crippen LogP contribution < -0.4 is 0 Å². The van der Waals surface area contributed by atoms with Gasteiger partial charge < -0.3 is 38.4 Å². The Bertz CT molecular complexity index is 1170. The van der Waals surface area contributed by atoms with E-state index in [1.54, 1.807) is 34.6 Å². The molecule has 0 saturated carbocycles. The third-order valence-electron chi connectivity index (χ3n) is 10.1. The lowest BCUT2D eigenvalue weighted by Gasteiger charge is -2.48. The number of carbonyl (C=O) groups is 4. The Morgan fingerprint density at radius 1 is 1.04 bits per heavy atom. The molecule has 0 aromatic heterocycles. The van der Waals surface area contributed by atoms with Crippen molar-refractivity contribution in [2.24, 2.45) is 23.7 Å². The summed E-state index contributed by atoms with van der Waals surface area (Å²) in [5, 5.41) is 11.9. The molecule has 1 N–H and O–H groups in total. The summed E-state index contributed by atoms with van der Waals surface area (Å²) in [6, 6.07) is -0.263. The predicted octanol–water partition coefficient (Wildman–Crippen LogP) is 3.26. The van der Waals surface area contributed by atoms with Crippen molar-refractivity contribution < 1.29 is 52.7 Å². The van der Waals surface area contributed by atoms with Crippen LogP contribution in [0.3, 0.4) is 0 Å². The van der Waals surface area contributed by atoms with Crippen LogP contribution >= 0.6 is 0 Å². The molecule has 0 aromatic rings. The van der Waals surface area contributed by atoms with Gasteiger partial charge in [-0.15, -0.1) is 0 Å². The second-order valence-corrected chi connectivity index (χ2v) is 14.6. The van der Waals surface area contributed by atoms with Gasteiger partial charge in [0.1, 0.15) is 23.4 Å². The van der Waals surface area contributed by atoms with Crippen molar-refractivity contribution in [3.63, 3.8) is 0 Å². The molecule has 0 spiro atoms. The molecule has 13 atom stereocenters. The average molecular weight is 668 g/mol. The van der Waals surface area contributed by atoms with Gasteiger partial charge in [-0.05, 0) is 66.6 Å². The molecular weight excluding hydrogens is 610 g/mol. The van der Waals surface area contributed by atoms with Gasteiger partial charge in [0.15, 0.2) is 18.2 Å². The highest BCUT2D eigenvalue weighted by atomic mass is 16.7. The summed E-state index contributed by atoms with van der Waals surface area (Å²) in [7, 11) is 3.75. The molecule has 0 amide bonds. The number of likely N-dealkylation sites (N-methyl/N-ethyl adjacent to an activating group) is 1. The van der Waals surface area contributed by atoms with E-state index >= 15 is 0 Å². The number of Topliss-reactive ketones (excluding diaryl/α,β-unsaturated/α-hetero) is 2. The minimum Gasteiger partial charge on any atom is -0.459 e. The van der Waals surface area contributed by atoms with Gasteiger partial charge >= 0.3 is 11.9 Å². The van der Waals surface area contributed by atoms with E-state index in [0.29, 0.717) is 12.0 Å². The van der Waals surface area contributed by atoms with Gasteiger partial charge in [0.05, 0.1) is 43.2 Å². The Labute approximate surface area is 279 Å². The molecule has 0 aliphatic carbocycles. The van der Waals surface area contributed by atoms with Crippen LogP contribution in [0.2, 0.25) is 0 Å². The monoisotopic (exact) mass is 667 g/mol. The molecule has 0 radical (unpaired) electrons. The number of ketones is 2. The topological polar surface area (TPSA) is 147 Å². The molecule has 3 rings (SSSR count). The number of cyclic esters (lactones) is 1. The molecular formula is C35H57NO11. The summed E-state index contributed by atoms with van der Waals surface area (Å²) < 4.78 is 37.4. The van der Waals surface area contributed by atoms with Crippen molar-refractivity contribution in [2.75, 3.05) is 27.3 Å². The number of nitrogens with zero attached hydrogens (tertiary/aromatic N) is 1. The molecule has 268 valence electrons. The predicted molar refractivity (Wildman–Crippen MR) is 172 cm³/mol. The maximum atomic E-state index is 14.2. The van der Waals surface area contributed by atoms with Crippen LogP contribution in [0.5, 0.6) is 0 Å². The summed E-state index contributed by atoms with van der Waals surface area (Å²) in [6.45, 7) is 18.9. The zero-order chi connectivity index (χ0) is 35.6. The van der Waals surface area contributed by atoms with Crippen molar-refractivity contribution in [3.05, 3.63) is 12.2 Å². The fraction of sp³-hybridized carbons (Fsp3) is 0.829. The second-order valence-electron chi connectivity index (χ2n) is 14.6. The maximum Gasteiger partial charge on any atom is 0.316 e. The fourth-order valence-corrected chi connectivity index (χ4v) is 7.49. The van der Waals surface area contributed by atoms with Crippen molar-refractivity contribution in [1.29, 1.82) is 0 Å². The lowest BCUT2D eigenvalue weighted by Crippen LogP contribution is -2.60. The number of aliphatic hydroxyl groups is 1. The van der Waals surface area contributed by atoms with Crippen LogP contribution in [-0.4, -0.2) is 115 Å². The van der Waals surface area contributed by atoms with Gasteiger partial charge in [0.2, 0.25) is 0 Å². The van der Waals surface area contributed by atoms with Crippen LogP contribution in [0.1, 0.15) is 81.6 Å². The molecule has 3 aliphatic rings. The van der Waals surface area contributed by atoms with Gasteiger partial charge in [0, 0.05) is 24.7 Å². The Morgan fingerprint density at radius 3 is 2.26 bits per heavy atom. The van der Waals surface area contributed by atoms with Crippen molar-refractivity contribution in [3.8, 4) is 0 Å². The molecule has 3 fully saturated rings. The highest BCUT2D eigenvalue weighted by Crippen LogP contribution is 2.40. The molecule has 12 nitrogen and oxygen atoms in total. The van der Waals surface area contributed by atoms with E-state index < -0.39 is 83.3 Å². The molecule has 3 aliphatic heterocycles. The summed E-state index contributed by atoms with van der Waals surface area (Å²) in [6.07, 6.45) is -4.55. The zero-order valence-corrected chi connectivity index (χ0v) is 30.1. The van der Waals surface area contributed by atoms with Crippen LogP contribution in [0.15, 0.2) is 12.2 Å². The lowest BCUT2D eigenvalue weighted by atomic mass is 9.74. The van der Waals surface area contributed by atoms with E-state index in [2.05, 4.69) is 6.58 Å². The van der Waals surface area contributed by atoms with Crippen molar-refractivity contribution in [1.82, 2.24) is 4.90 Å². The number of rotatable bonds is 5. The summed E-state index contributed by atoms with van der Waals surface area (Å²) in [5.41, 5.74) is -2.55. The summed E-state index contributed by atoms with van der Waals surface area (Å²) in [5.74, 6) is -5.66. The first kappa shape index (κ1) is 39.2. The average Bonchev–Trinajstić information content (AvgIpc) is 3.00. The number of ether oxygens (including phenoxy) is 6. The Balaban J connectivity index is 2.23. The minimum absolute atomic E-state index is 0.000755. The van der Waals surface area contributed by atoms with Crippen molar-refractivity contribution >= 4 is 23.5 Å². The Kier molecular flexibility index (Phi) is 13.0. The van der Waals surface area contributed by atoms with E-state index in [-0.39, 0.29) is 44.0 Å². The Morgan fingerprint density at radius 2 is 1.68 bits per heavy atom. The molecule has 1 unspecified atom stereocenters. The maximum absolute atomic E-state index is 14.2. The first-order valence-corrected chi connectivity index (χ1v) is 16.8. The van der Waals surface area contributed by atoms with E-state index in [4.69, 9.17) is 28.4 Å². The van der Waals surface area contributed by atoms with Crippen LogP contribution in [0.4, 0.5) is 0 Å². The van der Waals surface area contributed by atoms with E-state index in [1.165, 1.54) is 20.8 Å². The summed E-state index contributed by atoms with van der Waals surface area (Å²) in [4.78, 5) is 56.1. The molecule has 3 saturated heterocycles. The van der Waals surface area contributed by atoms with Gasteiger partial charge in [-0.25, -0.2) is 0 Å². The van der Waals surface area contributed by atoms with E-state index in [1.807, 2.05) is 25.9 Å². The first-order chi connectivity index (χ1) is 21.7. The molecule has 12 heteroatoms. The van der Waals surface area contributed by atoms with Crippen LogP contribution in [-0.2, 0) is 47.6 Å².